The first kappa shape index (κ1) is 17.0. The monoisotopic (exact) mass is 374 g/mol. The molecular formula is C18H10F4N4O. The molecule has 0 N–H and O–H groups in total. The summed E-state index contributed by atoms with van der Waals surface area (Å²) < 4.78 is 61.5. The van der Waals surface area contributed by atoms with Crippen LogP contribution in [0.2, 0.25) is 0 Å². The fourth-order valence-electron chi connectivity index (χ4n) is 2.85. The highest BCUT2D eigenvalue weighted by atomic mass is 19.2. The van der Waals surface area contributed by atoms with Gasteiger partial charge in [-0.05, 0) is 0 Å². The molecule has 0 fully saturated rings. The molecule has 2 aromatic heterocycles. The van der Waals surface area contributed by atoms with Crippen LogP contribution in [-0.4, -0.2) is 26.4 Å². The third-order valence-electron chi connectivity index (χ3n) is 3.89. The van der Waals surface area contributed by atoms with Gasteiger partial charge in [0.05, 0.1) is 16.8 Å². The summed E-state index contributed by atoms with van der Waals surface area (Å²) >= 11 is 0. The van der Waals surface area contributed by atoms with Crippen molar-refractivity contribution in [1.82, 2.24) is 19.6 Å². The molecule has 0 amide bonds. The molecule has 2 aromatic carbocycles. The Morgan fingerprint density at radius 2 is 1.67 bits per heavy atom. The molecular weight excluding hydrogens is 364 g/mol. The molecule has 136 valence electrons. The minimum atomic E-state index is -1.29. The highest BCUT2D eigenvalue weighted by Crippen LogP contribution is 2.41. The number of hydrogen-bond donors (Lipinski definition) is 0. The van der Waals surface area contributed by atoms with Crippen LogP contribution in [0, 0.1) is 17.5 Å². The summed E-state index contributed by atoms with van der Waals surface area (Å²) in [7, 11) is 0. The molecule has 0 aliphatic rings. The lowest BCUT2D eigenvalue weighted by atomic mass is 9.99. The van der Waals surface area contributed by atoms with E-state index in [1.807, 2.05) is 0 Å². The van der Waals surface area contributed by atoms with Crippen LogP contribution in [0.3, 0.4) is 0 Å². The van der Waals surface area contributed by atoms with E-state index in [9.17, 15) is 17.6 Å². The van der Waals surface area contributed by atoms with Gasteiger partial charge >= 0.3 is 0 Å². The summed E-state index contributed by atoms with van der Waals surface area (Å²) in [6.07, 6.45) is 1.19. The van der Waals surface area contributed by atoms with Gasteiger partial charge in [-0.25, -0.2) is 17.6 Å². The topological polar surface area (TPSA) is 52.3 Å². The Labute approximate surface area is 149 Å². The quantitative estimate of drug-likeness (QED) is 0.503. The van der Waals surface area contributed by atoms with E-state index in [0.717, 1.165) is 0 Å². The first-order valence-electron chi connectivity index (χ1n) is 7.73. The van der Waals surface area contributed by atoms with Crippen LogP contribution in [0.4, 0.5) is 17.6 Å². The van der Waals surface area contributed by atoms with Gasteiger partial charge in [-0.1, -0.05) is 30.3 Å². The molecule has 0 aliphatic heterocycles. The molecule has 0 radical (unpaired) electrons. The summed E-state index contributed by atoms with van der Waals surface area (Å²) in [5.74, 6) is -3.80. The van der Waals surface area contributed by atoms with Crippen molar-refractivity contribution >= 4 is 5.78 Å². The van der Waals surface area contributed by atoms with Crippen molar-refractivity contribution in [2.45, 2.75) is 0 Å². The fourth-order valence-corrected chi connectivity index (χ4v) is 2.85. The van der Waals surface area contributed by atoms with Gasteiger partial charge in [0.1, 0.15) is 23.8 Å². The molecule has 4 rings (SSSR count). The first-order chi connectivity index (χ1) is 13.1. The van der Waals surface area contributed by atoms with Crippen molar-refractivity contribution in [3.63, 3.8) is 0 Å². The van der Waals surface area contributed by atoms with E-state index in [1.165, 1.54) is 10.8 Å². The number of halogens is 4. The summed E-state index contributed by atoms with van der Waals surface area (Å²) in [5, 5.41) is 4.03. The zero-order chi connectivity index (χ0) is 19.0. The average Bonchev–Trinajstić information content (AvgIpc) is 3.10. The van der Waals surface area contributed by atoms with Crippen molar-refractivity contribution in [1.29, 1.82) is 0 Å². The lowest BCUT2D eigenvalue weighted by molar-refractivity contribution is 0.185. The third kappa shape index (κ3) is 2.86. The van der Waals surface area contributed by atoms with Gasteiger partial charge in [-0.15, -0.1) is 0 Å². The maximum Gasteiger partial charge on any atom is 0.256 e. The molecule has 9 heteroatoms. The fraction of sp³-hybridized carbons (Fsp3) is 0.0556. The Morgan fingerprint density at radius 1 is 0.963 bits per heavy atom. The van der Waals surface area contributed by atoms with Gasteiger partial charge in [-0.3, -0.25) is 0 Å². The second-order valence-corrected chi connectivity index (χ2v) is 5.48. The van der Waals surface area contributed by atoms with Crippen molar-refractivity contribution in [2.75, 3.05) is 6.86 Å². The number of rotatable bonds is 4. The zero-order valence-corrected chi connectivity index (χ0v) is 13.5. The predicted octanol–water partition coefficient (Wildman–Crippen LogP) is 4.18. The molecule has 0 bridgehead atoms. The van der Waals surface area contributed by atoms with Crippen molar-refractivity contribution in [3.8, 4) is 28.3 Å². The number of alkyl halides is 1. The van der Waals surface area contributed by atoms with Crippen LogP contribution in [-0.2, 0) is 0 Å². The molecule has 0 saturated carbocycles. The van der Waals surface area contributed by atoms with E-state index in [1.54, 1.807) is 30.3 Å². The minimum Gasteiger partial charge on any atom is -0.445 e. The largest absolute Gasteiger partial charge is 0.445 e. The van der Waals surface area contributed by atoms with E-state index < -0.39 is 29.9 Å². The van der Waals surface area contributed by atoms with Crippen LogP contribution in [0.15, 0.2) is 48.8 Å². The number of fused-ring (bicyclic) bond motifs is 1. The van der Waals surface area contributed by atoms with Crippen LogP contribution in [0.1, 0.15) is 0 Å². The Hall–Kier alpha value is -3.49. The zero-order valence-electron chi connectivity index (χ0n) is 13.5. The SMILES string of the molecule is FCOc1nc2ncnn2c(-c2ccccc2)c1-c1c(F)cc(F)cc1F. The highest BCUT2D eigenvalue weighted by molar-refractivity contribution is 5.86. The van der Waals surface area contributed by atoms with Gasteiger partial charge in [0.25, 0.3) is 5.78 Å². The normalized spacial score (nSPS) is 11.1. The minimum absolute atomic E-state index is 0.0454. The first-order valence-corrected chi connectivity index (χ1v) is 7.73. The summed E-state index contributed by atoms with van der Waals surface area (Å²) in [6, 6.07) is 9.54. The van der Waals surface area contributed by atoms with E-state index in [4.69, 9.17) is 4.74 Å². The number of ether oxygens (including phenoxy) is 1. The Balaban J connectivity index is 2.17. The smallest absolute Gasteiger partial charge is 0.256 e. The van der Waals surface area contributed by atoms with Gasteiger partial charge in [-0.2, -0.15) is 19.6 Å². The van der Waals surface area contributed by atoms with Crippen LogP contribution in [0.5, 0.6) is 5.88 Å². The van der Waals surface area contributed by atoms with Crippen molar-refractivity contribution in [3.05, 3.63) is 66.2 Å². The summed E-state index contributed by atoms with van der Waals surface area (Å²) in [6.45, 7) is -1.29. The third-order valence-corrected chi connectivity index (χ3v) is 3.89. The molecule has 27 heavy (non-hydrogen) atoms. The summed E-state index contributed by atoms with van der Waals surface area (Å²) in [5.41, 5.74) is -0.140. The van der Waals surface area contributed by atoms with E-state index in [2.05, 4.69) is 15.1 Å². The standard InChI is InChI=1S/C18H10F4N4O/c19-8-27-17-15(14-12(21)6-11(20)7-13(14)22)16(10-4-2-1-3-5-10)26-18(25-17)23-9-24-26/h1-7,9H,8H2. The Kier molecular flexibility index (Phi) is 4.19. The van der Waals surface area contributed by atoms with Crippen LogP contribution in [0.25, 0.3) is 28.2 Å². The van der Waals surface area contributed by atoms with E-state index in [0.29, 0.717) is 17.7 Å². The average molecular weight is 374 g/mol. The van der Waals surface area contributed by atoms with E-state index in [-0.39, 0.29) is 22.9 Å². The number of benzene rings is 2. The summed E-state index contributed by atoms with van der Waals surface area (Å²) in [4.78, 5) is 7.92. The van der Waals surface area contributed by atoms with E-state index >= 15 is 0 Å². The maximum absolute atomic E-state index is 14.5. The molecule has 0 saturated heterocycles. The molecule has 0 spiro atoms. The van der Waals surface area contributed by atoms with Crippen molar-refractivity contribution in [2.24, 2.45) is 0 Å². The molecule has 0 aliphatic carbocycles. The van der Waals surface area contributed by atoms with Gasteiger partial charge in [0.15, 0.2) is 0 Å². The number of aromatic nitrogens is 4. The van der Waals surface area contributed by atoms with Gasteiger partial charge in [0.2, 0.25) is 12.7 Å². The molecule has 0 unspecified atom stereocenters. The van der Waals surface area contributed by atoms with Crippen molar-refractivity contribution < 1.29 is 22.3 Å². The van der Waals surface area contributed by atoms with Gasteiger partial charge < -0.3 is 4.74 Å². The second kappa shape index (κ2) is 6.67. The molecule has 0 atom stereocenters. The molecule has 2 heterocycles. The molecule has 5 nitrogen and oxygen atoms in total. The van der Waals surface area contributed by atoms with Gasteiger partial charge in [0, 0.05) is 17.7 Å². The van der Waals surface area contributed by atoms with Crippen LogP contribution >= 0.6 is 0 Å². The predicted molar refractivity (Wildman–Crippen MR) is 88.1 cm³/mol. The Bertz CT molecular complexity index is 1110. The maximum atomic E-state index is 14.5. The lowest BCUT2D eigenvalue weighted by Gasteiger charge is -2.16. The second-order valence-electron chi connectivity index (χ2n) is 5.48. The molecule has 4 aromatic rings. The Morgan fingerprint density at radius 3 is 2.33 bits per heavy atom. The highest BCUT2D eigenvalue weighted by Gasteiger charge is 2.26. The lowest BCUT2D eigenvalue weighted by Crippen LogP contribution is -2.07. The number of hydrogen-bond acceptors (Lipinski definition) is 4. The van der Waals surface area contributed by atoms with Crippen LogP contribution < -0.4 is 4.74 Å². The number of nitrogens with zero attached hydrogens (tertiary/aromatic N) is 4.